The van der Waals surface area contributed by atoms with Crippen LogP contribution in [0.2, 0.25) is 0 Å². The van der Waals surface area contributed by atoms with Crippen molar-refractivity contribution in [3.63, 3.8) is 0 Å². The lowest BCUT2D eigenvalue weighted by molar-refractivity contribution is 0.162. The molecule has 1 fully saturated rings. The smallest absolute Gasteiger partial charge is 0.240 e. The second kappa shape index (κ2) is 5.94. The van der Waals surface area contributed by atoms with Gasteiger partial charge in [-0.15, -0.1) is 0 Å². The molecule has 2 rings (SSSR count). The van der Waals surface area contributed by atoms with E-state index >= 15 is 0 Å². The zero-order chi connectivity index (χ0) is 15.7. The maximum atomic E-state index is 12.4. The number of likely N-dealkylation sites (N-methyl/N-ethyl adjacent to an activating group) is 1. The van der Waals surface area contributed by atoms with Gasteiger partial charge in [0.15, 0.2) is 0 Å². The Bertz CT molecular complexity index is 605. The van der Waals surface area contributed by atoms with Crippen LogP contribution in [0.4, 0.5) is 5.69 Å². The van der Waals surface area contributed by atoms with Gasteiger partial charge in [0.1, 0.15) is 0 Å². The van der Waals surface area contributed by atoms with Crippen molar-refractivity contribution in [3.8, 4) is 0 Å². The second-order valence-electron chi connectivity index (χ2n) is 6.17. The number of nitrogens with two attached hydrogens (primary N) is 1. The van der Waals surface area contributed by atoms with E-state index in [-0.39, 0.29) is 10.4 Å². The first-order valence-corrected chi connectivity index (χ1v) is 8.78. The molecule has 0 spiro atoms. The van der Waals surface area contributed by atoms with Crippen LogP contribution in [0.1, 0.15) is 31.2 Å². The fraction of sp³-hybridized carbons (Fsp3) is 0.600. The minimum absolute atomic E-state index is 0.0596. The fourth-order valence-corrected chi connectivity index (χ4v) is 4.15. The van der Waals surface area contributed by atoms with Gasteiger partial charge in [-0.2, -0.15) is 0 Å². The number of rotatable bonds is 5. The average Bonchev–Trinajstić information content (AvgIpc) is 2.90. The van der Waals surface area contributed by atoms with Crippen LogP contribution in [0.25, 0.3) is 0 Å². The summed E-state index contributed by atoms with van der Waals surface area (Å²) in [6.07, 6.45) is 4.37. The van der Waals surface area contributed by atoms with Crippen molar-refractivity contribution in [1.82, 2.24) is 9.62 Å². The van der Waals surface area contributed by atoms with Gasteiger partial charge in [-0.1, -0.05) is 12.8 Å². The van der Waals surface area contributed by atoms with Gasteiger partial charge in [0.2, 0.25) is 10.0 Å². The van der Waals surface area contributed by atoms with Crippen molar-refractivity contribution in [2.24, 2.45) is 0 Å². The highest BCUT2D eigenvalue weighted by atomic mass is 32.2. The van der Waals surface area contributed by atoms with Crippen LogP contribution < -0.4 is 10.5 Å². The van der Waals surface area contributed by atoms with E-state index < -0.39 is 10.0 Å². The molecule has 0 atom stereocenters. The van der Waals surface area contributed by atoms with Gasteiger partial charge in [0.25, 0.3) is 0 Å². The molecule has 0 amide bonds. The van der Waals surface area contributed by atoms with E-state index in [9.17, 15) is 8.42 Å². The van der Waals surface area contributed by atoms with Crippen LogP contribution in [-0.4, -0.2) is 39.5 Å². The highest BCUT2D eigenvalue weighted by Gasteiger charge is 2.36. The maximum Gasteiger partial charge on any atom is 0.240 e. The number of anilines is 1. The third-order valence-electron chi connectivity index (χ3n) is 4.63. The fourth-order valence-electron chi connectivity index (χ4n) is 2.94. The molecule has 1 saturated carbocycles. The van der Waals surface area contributed by atoms with Gasteiger partial charge in [-0.3, -0.25) is 0 Å². The van der Waals surface area contributed by atoms with Crippen molar-refractivity contribution < 1.29 is 8.42 Å². The summed E-state index contributed by atoms with van der Waals surface area (Å²) in [4.78, 5) is 2.43. The lowest BCUT2D eigenvalue weighted by Gasteiger charge is -2.36. The quantitative estimate of drug-likeness (QED) is 0.812. The summed E-state index contributed by atoms with van der Waals surface area (Å²) in [6, 6.07) is 4.82. The molecule has 5 nitrogen and oxygen atoms in total. The zero-order valence-corrected chi connectivity index (χ0v) is 13.8. The molecule has 118 valence electrons. The van der Waals surface area contributed by atoms with E-state index in [1.165, 1.54) is 0 Å². The van der Waals surface area contributed by atoms with Crippen LogP contribution >= 0.6 is 0 Å². The third-order valence-corrected chi connectivity index (χ3v) is 6.02. The molecular weight excluding hydrogens is 286 g/mol. The highest BCUT2D eigenvalue weighted by Crippen LogP contribution is 2.33. The molecule has 21 heavy (non-hydrogen) atoms. The molecule has 0 bridgehead atoms. The zero-order valence-electron chi connectivity index (χ0n) is 13.0. The first kappa shape index (κ1) is 16.3. The predicted octanol–water partition coefficient (Wildman–Crippen LogP) is 1.73. The maximum absolute atomic E-state index is 12.4. The molecule has 1 aliphatic carbocycles. The Kier molecular flexibility index (Phi) is 4.60. The SMILES string of the molecule is Cc1cc(S(=O)(=O)NCC2(N(C)C)CCCC2)ccc1N. The van der Waals surface area contributed by atoms with Gasteiger partial charge in [-0.25, -0.2) is 13.1 Å². The summed E-state index contributed by atoms with van der Waals surface area (Å²) in [5, 5.41) is 0. The standard InChI is InChI=1S/C15H25N3O2S/c1-12-10-13(6-7-14(12)16)21(19,20)17-11-15(18(2)3)8-4-5-9-15/h6-7,10,17H,4-5,8-9,11,16H2,1-3H3. The van der Waals surface area contributed by atoms with Gasteiger partial charge in [0.05, 0.1) is 4.90 Å². The second-order valence-corrected chi connectivity index (χ2v) is 7.94. The molecule has 0 aliphatic heterocycles. The summed E-state index contributed by atoms with van der Waals surface area (Å²) < 4.78 is 27.7. The summed E-state index contributed by atoms with van der Waals surface area (Å²) in [7, 11) is 0.551. The molecule has 1 aromatic carbocycles. The van der Waals surface area contributed by atoms with Gasteiger partial charge < -0.3 is 10.6 Å². The lowest BCUT2D eigenvalue weighted by atomic mass is 9.97. The number of hydrogen-bond donors (Lipinski definition) is 2. The van der Waals surface area contributed by atoms with Crippen molar-refractivity contribution in [2.45, 2.75) is 43.0 Å². The molecule has 0 aromatic heterocycles. The van der Waals surface area contributed by atoms with Crippen molar-refractivity contribution in [3.05, 3.63) is 23.8 Å². The molecule has 1 aliphatic rings. The van der Waals surface area contributed by atoms with E-state index in [1.807, 2.05) is 21.0 Å². The van der Waals surface area contributed by atoms with Gasteiger partial charge in [0, 0.05) is 17.8 Å². The Morgan fingerprint density at radius 3 is 2.43 bits per heavy atom. The summed E-state index contributed by atoms with van der Waals surface area (Å²) in [6.45, 7) is 2.26. The minimum Gasteiger partial charge on any atom is -0.399 e. The Hall–Kier alpha value is -1.11. The predicted molar refractivity (Wildman–Crippen MR) is 85.7 cm³/mol. The molecule has 0 radical (unpaired) electrons. The lowest BCUT2D eigenvalue weighted by Crippen LogP contribution is -2.50. The topological polar surface area (TPSA) is 75.4 Å². The molecule has 1 aromatic rings. The van der Waals surface area contributed by atoms with Gasteiger partial charge in [-0.05, 0) is 57.6 Å². The Morgan fingerprint density at radius 2 is 1.90 bits per heavy atom. The average molecular weight is 311 g/mol. The molecule has 0 heterocycles. The van der Waals surface area contributed by atoms with Gasteiger partial charge >= 0.3 is 0 Å². The van der Waals surface area contributed by atoms with Crippen LogP contribution in [-0.2, 0) is 10.0 Å². The molecule has 3 N–H and O–H groups in total. The first-order valence-electron chi connectivity index (χ1n) is 7.30. The van der Waals surface area contributed by atoms with E-state index in [0.717, 1.165) is 31.2 Å². The van der Waals surface area contributed by atoms with Crippen LogP contribution in [0, 0.1) is 6.92 Å². The number of nitrogens with one attached hydrogen (secondary N) is 1. The molecular formula is C15H25N3O2S. The summed E-state index contributed by atoms with van der Waals surface area (Å²) in [5.74, 6) is 0. The largest absolute Gasteiger partial charge is 0.399 e. The van der Waals surface area contributed by atoms with Crippen LogP contribution in [0.5, 0.6) is 0 Å². The van der Waals surface area contributed by atoms with E-state index in [1.54, 1.807) is 18.2 Å². The Labute approximate surface area is 127 Å². The summed E-state index contributed by atoms with van der Waals surface area (Å²) >= 11 is 0. The van der Waals surface area contributed by atoms with Crippen molar-refractivity contribution >= 4 is 15.7 Å². The Morgan fingerprint density at radius 1 is 1.29 bits per heavy atom. The molecule has 0 unspecified atom stereocenters. The molecule has 0 saturated heterocycles. The van der Waals surface area contributed by atoms with E-state index in [0.29, 0.717) is 12.2 Å². The highest BCUT2D eigenvalue weighted by molar-refractivity contribution is 7.89. The van der Waals surface area contributed by atoms with Crippen LogP contribution in [0.3, 0.4) is 0 Å². The summed E-state index contributed by atoms with van der Waals surface area (Å²) in [5.41, 5.74) is 7.07. The van der Waals surface area contributed by atoms with Crippen molar-refractivity contribution in [1.29, 1.82) is 0 Å². The number of benzene rings is 1. The first-order chi connectivity index (χ1) is 9.77. The number of sulfonamides is 1. The number of aryl methyl sites for hydroxylation is 1. The Balaban J connectivity index is 2.15. The van der Waals surface area contributed by atoms with Crippen molar-refractivity contribution in [2.75, 3.05) is 26.4 Å². The number of nitrogens with zero attached hydrogens (tertiary/aromatic N) is 1. The van der Waals surface area contributed by atoms with E-state index in [4.69, 9.17) is 5.73 Å². The number of hydrogen-bond acceptors (Lipinski definition) is 4. The minimum atomic E-state index is -3.49. The monoisotopic (exact) mass is 311 g/mol. The third kappa shape index (κ3) is 3.39. The normalized spacial score (nSPS) is 18.3. The van der Waals surface area contributed by atoms with Crippen LogP contribution in [0.15, 0.2) is 23.1 Å². The molecule has 6 heteroatoms. The van der Waals surface area contributed by atoms with E-state index in [2.05, 4.69) is 9.62 Å². The number of nitrogen functional groups attached to an aromatic ring is 1.